The molecule has 0 radical (unpaired) electrons. The molecule has 0 heterocycles. The Morgan fingerprint density at radius 2 is 2.11 bits per heavy atom. The minimum absolute atomic E-state index is 0.428. The van der Waals surface area contributed by atoms with Gasteiger partial charge in [-0.25, -0.2) is 0 Å². The van der Waals surface area contributed by atoms with Gasteiger partial charge in [0.25, 0.3) is 0 Å². The van der Waals surface area contributed by atoms with Crippen molar-refractivity contribution in [3.63, 3.8) is 0 Å². The smallest absolute Gasteiger partial charge is 0.121 e. The summed E-state index contributed by atoms with van der Waals surface area (Å²) in [5, 5.41) is 3.51. The number of anilines is 1. The van der Waals surface area contributed by atoms with E-state index in [-0.39, 0.29) is 0 Å². The summed E-state index contributed by atoms with van der Waals surface area (Å²) >= 11 is 0. The average molecular weight is 264 g/mol. The minimum Gasteiger partial charge on any atom is -0.492 e. The zero-order chi connectivity index (χ0) is 13.7. The SMILES string of the molecule is COC1CC(Nc2cccc(OCCN(C)C)c2)C1. The van der Waals surface area contributed by atoms with Gasteiger partial charge in [-0.3, -0.25) is 0 Å². The first-order valence-electron chi connectivity index (χ1n) is 6.84. The predicted octanol–water partition coefficient (Wildman–Crippen LogP) is 2.22. The first-order chi connectivity index (χ1) is 9.17. The van der Waals surface area contributed by atoms with E-state index in [1.165, 1.54) is 0 Å². The Bertz CT molecular complexity index is 389. The van der Waals surface area contributed by atoms with Crippen LogP contribution >= 0.6 is 0 Å². The molecule has 106 valence electrons. The molecular weight excluding hydrogens is 240 g/mol. The highest BCUT2D eigenvalue weighted by Crippen LogP contribution is 2.27. The molecule has 4 heteroatoms. The number of hydrogen-bond donors (Lipinski definition) is 1. The van der Waals surface area contributed by atoms with Crippen LogP contribution in [-0.4, -0.2) is 51.4 Å². The third kappa shape index (κ3) is 4.40. The molecule has 0 aromatic heterocycles. The summed E-state index contributed by atoms with van der Waals surface area (Å²) < 4.78 is 11.0. The fourth-order valence-electron chi connectivity index (χ4n) is 2.13. The van der Waals surface area contributed by atoms with Crippen LogP contribution in [0.4, 0.5) is 5.69 Å². The molecule has 1 aliphatic rings. The Hall–Kier alpha value is -1.26. The number of rotatable bonds is 7. The molecule has 0 atom stereocenters. The standard InChI is InChI=1S/C15H24N2O2/c1-17(2)7-8-19-14-6-4-5-12(9-14)16-13-10-15(11-13)18-3/h4-6,9,13,15-16H,7-8,10-11H2,1-3H3. The number of nitrogens with zero attached hydrogens (tertiary/aromatic N) is 1. The number of ether oxygens (including phenoxy) is 2. The molecule has 0 aliphatic heterocycles. The Labute approximate surface area is 115 Å². The third-order valence-electron chi connectivity index (χ3n) is 3.44. The minimum atomic E-state index is 0.428. The van der Waals surface area contributed by atoms with E-state index in [1.54, 1.807) is 7.11 Å². The molecule has 1 aromatic carbocycles. The van der Waals surface area contributed by atoms with Crippen LogP contribution in [0.2, 0.25) is 0 Å². The van der Waals surface area contributed by atoms with Gasteiger partial charge < -0.3 is 19.7 Å². The van der Waals surface area contributed by atoms with Gasteiger partial charge in [0.05, 0.1) is 6.10 Å². The molecule has 0 bridgehead atoms. The van der Waals surface area contributed by atoms with Crippen molar-refractivity contribution in [1.29, 1.82) is 0 Å². The van der Waals surface area contributed by atoms with Crippen LogP contribution in [0.1, 0.15) is 12.8 Å². The maximum Gasteiger partial charge on any atom is 0.121 e. The molecule has 0 saturated heterocycles. The van der Waals surface area contributed by atoms with Gasteiger partial charge in [0, 0.05) is 31.5 Å². The summed E-state index contributed by atoms with van der Waals surface area (Å²) in [6.45, 7) is 1.64. The quantitative estimate of drug-likeness (QED) is 0.819. The van der Waals surface area contributed by atoms with Gasteiger partial charge in [-0.2, -0.15) is 0 Å². The van der Waals surface area contributed by atoms with Crippen LogP contribution in [0.5, 0.6) is 5.75 Å². The van der Waals surface area contributed by atoms with Gasteiger partial charge in [-0.05, 0) is 39.1 Å². The van der Waals surface area contributed by atoms with E-state index < -0.39 is 0 Å². The lowest BCUT2D eigenvalue weighted by molar-refractivity contribution is 0.0329. The summed E-state index contributed by atoms with van der Waals surface area (Å²) in [7, 11) is 5.87. The molecular formula is C15H24N2O2. The molecule has 1 fully saturated rings. The van der Waals surface area contributed by atoms with Crippen molar-refractivity contribution in [2.75, 3.05) is 39.7 Å². The molecule has 0 amide bonds. The molecule has 1 aromatic rings. The van der Waals surface area contributed by atoms with Crippen molar-refractivity contribution in [3.8, 4) is 5.75 Å². The van der Waals surface area contributed by atoms with E-state index in [2.05, 4.69) is 22.3 Å². The van der Waals surface area contributed by atoms with Crippen LogP contribution < -0.4 is 10.1 Å². The van der Waals surface area contributed by atoms with Gasteiger partial charge in [-0.1, -0.05) is 6.07 Å². The zero-order valence-corrected chi connectivity index (χ0v) is 12.1. The molecule has 4 nitrogen and oxygen atoms in total. The summed E-state index contributed by atoms with van der Waals surface area (Å²) in [5.74, 6) is 0.925. The summed E-state index contributed by atoms with van der Waals surface area (Å²) in [6, 6.07) is 8.70. The van der Waals surface area contributed by atoms with E-state index in [4.69, 9.17) is 9.47 Å². The van der Waals surface area contributed by atoms with Crippen LogP contribution in [0, 0.1) is 0 Å². The number of hydrogen-bond acceptors (Lipinski definition) is 4. The lowest BCUT2D eigenvalue weighted by Crippen LogP contribution is -2.40. The lowest BCUT2D eigenvalue weighted by atomic mass is 9.89. The number of likely N-dealkylation sites (N-methyl/N-ethyl adjacent to an activating group) is 1. The van der Waals surface area contributed by atoms with Crippen molar-refractivity contribution in [3.05, 3.63) is 24.3 Å². The second kappa shape index (κ2) is 6.78. The van der Waals surface area contributed by atoms with Gasteiger partial charge in [0.1, 0.15) is 12.4 Å². The first kappa shape index (κ1) is 14.2. The Balaban J connectivity index is 1.78. The van der Waals surface area contributed by atoms with E-state index in [9.17, 15) is 0 Å². The van der Waals surface area contributed by atoms with Crippen LogP contribution in [-0.2, 0) is 4.74 Å². The molecule has 2 rings (SSSR count). The zero-order valence-electron chi connectivity index (χ0n) is 12.1. The molecule has 0 spiro atoms. The molecule has 1 N–H and O–H groups in total. The van der Waals surface area contributed by atoms with Crippen molar-refractivity contribution in [2.45, 2.75) is 25.0 Å². The first-order valence-corrected chi connectivity index (χ1v) is 6.84. The van der Waals surface area contributed by atoms with Crippen molar-refractivity contribution in [2.24, 2.45) is 0 Å². The maximum absolute atomic E-state index is 5.73. The van der Waals surface area contributed by atoms with Crippen LogP contribution in [0.3, 0.4) is 0 Å². The lowest BCUT2D eigenvalue weighted by Gasteiger charge is -2.35. The molecule has 0 unspecified atom stereocenters. The predicted molar refractivity (Wildman–Crippen MR) is 77.9 cm³/mol. The number of benzene rings is 1. The van der Waals surface area contributed by atoms with E-state index in [0.717, 1.165) is 30.8 Å². The number of nitrogens with one attached hydrogen (secondary N) is 1. The fourth-order valence-corrected chi connectivity index (χ4v) is 2.13. The maximum atomic E-state index is 5.73. The van der Waals surface area contributed by atoms with Crippen molar-refractivity contribution in [1.82, 2.24) is 4.90 Å². The van der Waals surface area contributed by atoms with Crippen molar-refractivity contribution < 1.29 is 9.47 Å². The van der Waals surface area contributed by atoms with Gasteiger partial charge in [-0.15, -0.1) is 0 Å². The second-order valence-corrected chi connectivity index (χ2v) is 5.35. The highest BCUT2D eigenvalue weighted by atomic mass is 16.5. The average Bonchev–Trinajstić information content (AvgIpc) is 2.33. The Morgan fingerprint density at radius 1 is 1.32 bits per heavy atom. The summed E-state index contributed by atoms with van der Waals surface area (Å²) in [4.78, 5) is 2.11. The highest BCUT2D eigenvalue weighted by molar-refractivity contribution is 5.49. The van der Waals surface area contributed by atoms with Crippen LogP contribution in [0.25, 0.3) is 0 Å². The van der Waals surface area contributed by atoms with Gasteiger partial charge in [0.15, 0.2) is 0 Å². The van der Waals surface area contributed by atoms with Gasteiger partial charge in [0.2, 0.25) is 0 Å². The second-order valence-electron chi connectivity index (χ2n) is 5.35. The normalized spacial score (nSPS) is 22.1. The topological polar surface area (TPSA) is 33.7 Å². The monoisotopic (exact) mass is 264 g/mol. The largest absolute Gasteiger partial charge is 0.492 e. The Morgan fingerprint density at radius 3 is 2.79 bits per heavy atom. The fraction of sp³-hybridized carbons (Fsp3) is 0.600. The van der Waals surface area contributed by atoms with Crippen molar-refractivity contribution >= 4 is 5.69 Å². The van der Waals surface area contributed by atoms with Gasteiger partial charge >= 0.3 is 0 Å². The Kier molecular flexibility index (Phi) is 5.05. The molecule has 1 saturated carbocycles. The number of methoxy groups -OCH3 is 1. The summed E-state index contributed by atoms with van der Waals surface area (Å²) in [5.41, 5.74) is 1.13. The summed E-state index contributed by atoms with van der Waals surface area (Å²) in [6.07, 6.45) is 2.60. The molecule has 1 aliphatic carbocycles. The van der Waals surface area contributed by atoms with Crippen LogP contribution in [0.15, 0.2) is 24.3 Å². The van der Waals surface area contributed by atoms with E-state index in [1.807, 2.05) is 26.2 Å². The van der Waals surface area contributed by atoms with E-state index >= 15 is 0 Å². The van der Waals surface area contributed by atoms with E-state index in [0.29, 0.717) is 18.8 Å². The highest BCUT2D eigenvalue weighted by Gasteiger charge is 2.28. The third-order valence-corrected chi connectivity index (χ3v) is 3.44. The molecule has 19 heavy (non-hydrogen) atoms.